The quantitative estimate of drug-likeness (QED) is 0.797. The number of pyridine rings is 1. The molecule has 4 nitrogen and oxygen atoms in total. The van der Waals surface area contributed by atoms with E-state index in [4.69, 9.17) is 0 Å². The maximum absolute atomic E-state index is 11.4. The summed E-state index contributed by atoms with van der Waals surface area (Å²) >= 11 is 0. The van der Waals surface area contributed by atoms with E-state index in [1.54, 1.807) is 18.6 Å². The lowest BCUT2D eigenvalue weighted by Crippen LogP contribution is -2.31. The second-order valence-corrected chi connectivity index (χ2v) is 5.09. The van der Waals surface area contributed by atoms with Crippen LogP contribution >= 0.6 is 0 Å². The number of aryl methyl sites for hydroxylation is 1. The second kappa shape index (κ2) is 5.50. The third-order valence-corrected chi connectivity index (χ3v) is 3.74. The van der Waals surface area contributed by atoms with Crippen LogP contribution in [0.4, 0.5) is 0 Å². The van der Waals surface area contributed by atoms with Crippen molar-refractivity contribution in [3.63, 3.8) is 0 Å². The summed E-state index contributed by atoms with van der Waals surface area (Å²) in [6, 6.07) is 13.4. The highest BCUT2D eigenvalue weighted by atomic mass is 16.3. The predicted molar refractivity (Wildman–Crippen MR) is 80.6 cm³/mol. The van der Waals surface area contributed by atoms with Crippen molar-refractivity contribution in [3.8, 4) is 0 Å². The van der Waals surface area contributed by atoms with E-state index in [0.29, 0.717) is 6.42 Å². The number of aliphatic hydroxyl groups is 1. The predicted octanol–water partition coefficient (Wildman–Crippen LogP) is 2.29. The number of rotatable bonds is 4. The summed E-state index contributed by atoms with van der Waals surface area (Å²) in [7, 11) is 1.93. The van der Waals surface area contributed by atoms with E-state index in [1.807, 2.05) is 60.3 Å². The first-order valence-corrected chi connectivity index (χ1v) is 6.85. The van der Waals surface area contributed by atoms with Gasteiger partial charge in [0.15, 0.2) is 0 Å². The highest BCUT2D eigenvalue weighted by Gasteiger charge is 2.33. The first kappa shape index (κ1) is 13.5. The molecule has 0 saturated heterocycles. The van der Waals surface area contributed by atoms with Gasteiger partial charge in [0, 0.05) is 38.3 Å². The van der Waals surface area contributed by atoms with Crippen molar-refractivity contribution in [2.24, 2.45) is 7.05 Å². The maximum atomic E-state index is 11.4. The number of hydrogen-bond acceptors (Lipinski definition) is 3. The average molecular weight is 279 g/mol. The van der Waals surface area contributed by atoms with Crippen LogP contribution in [-0.2, 0) is 19.1 Å². The van der Waals surface area contributed by atoms with Crippen molar-refractivity contribution in [2.45, 2.75) is 12.0 Å². The molecule has 0 radical (unpaired) electrons. The van der Waals surface area contributed by atoms with E-state index < -0.39 is 5.60 Å². The minimum Gasteiger partial charge on any atom is -0.380 e. The molecule has 0 fully saturated rings. The summed E-state index contributed by atoms with van der Waals surface area (Å²) in [4.78, 5) is 8.37. The van der Waals surface area contributed by atoms with Gasteiger partial charge in [0.2, 0.25) is 0 Å². The molecule has 0 aliphatic rings. The van der Waals surface area contributed by atoms with Crippen LogP contribution in [0.2, 0.25) is 0 Å². The van der Waals surface area contributed by atoms with Crippen molar-refractivity contribution in [2.75, 3.05) is 0 Å². The molecule has 0 spiro atoms. The van der Waals surface area contributed by atoms with E-state index in [0.717, 1.165) is 17.0 Å². The third-order valence-electron chi connectivity index (χ3n) is 3.74. The highest BCUT2D eigenvalue weighted by Crippen LogP contribution is 2.32. The van der Waals surface area contributed by atoms with E-state index in [1.165, 1.54) is 0 Å². The molecule has 21 heavy (non-hydrogen) atoms. The zero-order valence-electron chi connectivity index (χ0n) is 11.8. The zero-order valence-corrected chi connectivity index (χ0v) is 11.8. The molecule has 0 aliphatic heterocycles. The first-order valence-electron chi connectivity index (χ1n) is 6.85. The Morgan fingerprint density at radius 3 is 2.29 bits per heavy atom. The van der Waals surface area contributed by atoms with Crippen LogP contribution < -0.4 is 0 Å². The molecule has 1 aromatic carbocycles. The maximum Gasteiger partial charge on any atom is 0.122 e. The molecule has 1 atom stereocenters. The van der Waals surface area contributed by atoms with Crippen LogP contribution in [0.1, 0.15) is 17.0 Å². The smallest absolute Gasteiger partial charge is 0.122 e. The van der Waals surface area contributed by atoms with Gasteiger partial charge in [-0.2, -0.15) is 0 Å². The molecule has 2 heterocycles. The Balaban J connectivity index is 2.09. The van der Waals surface area contributed by atoms with Crippen LogP contribution in [0.5, 0.6) is 0 Å². The molecule has 0 aliphatic carbocycles. The zero-order chi connectivity index (χ0) is 14.7. The van der Waals surface area contributed by atoms with Gasteiger partial charge in [-0.3, -0.25) is 4.98 Å². The van der Waals surface area contributed by atoms with E-state index in [9.17, 15) is 5.11 Å². The molecule has 4 heteroatoms. The SMILES string of the molecule is Cn1ccnc1CC(O)(c1ccccc1)c1ccncc1. The third kappa shape index (κ3) is 2.58. The molecular formula is C17H17N3O. The van der Waals surface area contributed by atoms with Gasteiger partial charge >= 0.3 is 0 Å². The number of nitrogens with zero attached hydrogens (tertiary/aromatic N) is 3. The minimum absolute atomic E-state index is 0.407. The van der Waals surface area contributed by atoms with Crippen LogP contribution in [0.3, 0.4) is 0 Å². The molecule has 1 N–H and O–H groups in total. The summed E-state index contributed by atoms with van der Waals surface area (Å²) < 4.78 is 1.93. The average Bonchev–Trinajstić information content (AvgIpc) is 2.94. The van der Waals surface area contributed by atoms with Gasteiger partial charge in [0.05, 0.1) is 0 Å². The number of aromatic nitrogens is 3. The topological polar surface area (TPSA) is 50.9 Å². The van der Waals surface area contributed by atoms with Crippen molar-refractivity contribution in [1.82, 2.24) is 14.5 Å². The molecule has 2 aromatic heterocycles. The van der Waals surface area contributed by atoms with Crippen LogP contribution in [-0.4, -0.2) is 19.6 Å². The molecule has 0 amide bonds. The fraction of sp³-hybridized carbons (Fsp3) is 0.176. The number of hydrogen-bond donors (Lipinski definition) is 1. The molecule has 106 valence electrons. The Kier molecular flexibility index (Phi) is 3.54. The number of imidazole rings is 1. The molecule has 0 saturated carbocycles. The fourth-order valence-electron chi connectivity index (χ4n) is 2.51. The number of benzene rings is 1. The van der Waals surface area contributed by atoms with E-state index in [2.05, 4.69) is 9.97 Å². The van der Waals surface area contributed by atoms with Crippen molar-refractivity contribution >= 4 is 0 Å². The Labute approximate surface area is 123 Å². The van der Waals surface area contributed by atoms with E-state index in [-0.39, 0.29) is 0 Å². The molecule has 0 bridgehead atoms. The summed E-state index contributed by atoms with van der Waals surface area (Å²) in [6.45, 7) is 0. The monoisotopic (exact) mass is 279 g/mol. The summed E-state index contributed by atoms with van der Waals surface area (Å²) in [5.41, 5.74) is 0.537. The largest absolute Gasteiger partial charge is 0.380 e. The lowest BCUT2D eigenvalue weighted by atomic mass is 9.84. The minimum atomic E-state index is -1.12. The Hall–Kier alpha value is -2.46. The van der Waals surface area contributed by atoms with Crippen molar-refractivity contribution < 1.29 is 5.11 Å². The van der Waals surface area contributed by atoms with Gasteiger partial charge in [0.25, 0.3) is 0 Å². The molecular weight excluding hydrogens is 262 g/mol. The lowest BCUT2D eigenvalue weighted by Gasteiger charge is -2.29. The van der Waals surface area contributed by atoms with Crippen LogP contribution in [0.25, 0.3) is 0 Å². The standard InChI is InChI=1S/C17H17N3O/c1-20-12-11-19-16(20)13-17(21,14-5-3-2-4-6-14)15-7-9-18-10-8-15/h2-12,21H,13H2,1H3. The van der Waals surface area contributed by atoms with Gasteiger partial charge in [-0.25, -0.2) is 4.98 Å². The summed E-state index contributed by atoms with van der Waals surface area (Å²) in [5, 5.41) is 11.4. The van der Waals surface area contributed by atoms with Crippen molar-refractivity contribution in [3.05, 3.63) is 84.2 Å². The van der Waals surface area contributed by atoms with Gasteiger partial charge in [0.1, 0.15) is 11.4 Å². The molecule has 3 rings (SSSR count). The Morgan fingerprint density at radius 1 is 1.00 bits per heavy atom. The summed E-state index contributed by atoms with van der Waals surface area (Å²) in [5.74, 6) is 0.832. The Morgan fingerprint density at radius 2 is 1.67 bits per heavy atom. The van der Waals surface area contributed by atoms with Gasteiger partial charge in [-0.1, -0.05) is 30.3 Å². The molecule has 1 unspecified atom stereocenters. The summed E-state index contributed by atoms with van der Waals surface area (Å²) in [6.07, 6.45) is 7.43. The van der Waals surface area contributed by atoms with Gasteiger partial charge in [-0.15, -0.1) is 0 Å². The lowest BCUT2D eigenvalue weighted by molar-refractivity contribution is 0.0780. The first-order chi connectivity index (χ1) is 10.2. The highest BCUT2D eigenvalue weighted by molar-refractivity contribution is 5.36. The molecule has 3 aromatic rings. The van der Waals surface area contributed by atoms with E-state index >= 15 is 0 Å². The second-order valence-electron chi connectivity index (χ2n) is 5.09. The van der Waals surface area contributed by atoms with Crippen LogP contribution in [0, 0.1) is 0 Å². The Bertz CT molecular complexity index is 668. The van der Waals surface area contributed by atoms with Gasteiger partial charge < -0.3 is 9.67 Å². The normalized spacial score (nSPS) is 13.8. The fourth-order valence-corrected chi connectivity index (χ4v) is 2.51. The van der Waals surface area contributed by atoms with Crippen molar-refractivity contribution in [1.29, 1.82) is 0 Å². The van der Waals surface area contributed by atoms with Crippen LogP contribution in [0.15, 0.2) is 67.3 Å². The van der Waals surface area contributed by atoms with Gasteiger partial charge in [-0.05, 0) is 23.3 Å².